The van der Waals surface area contributed by atoms with Crippen molar-refractivity contribution < 1.29 is 0 Å². The number of aryl methyl sites for hydroxylation is 1. The largest absolute Gasteiger partial charge is 0.314 e. The quantitative estimate of drug-likeness (QED) is 0.865. The molecule has 1 heterocycles. The van der Waals surface area contributed by atoms with Gasteiger partial charge in [-0.25, -0.2) is 5.10 Å². The second kappa shape index (κ2) is 4.81. The highest BCUT2D eigenvalue weighted by atomic mass is 32.1. The van der Waals surface area contributed by atoms with E-state index in [0.29, 0.717) is 6.04 Å². The molecule has 3 rings (SSSR count). The number of nitrogens with zero attached hydrogens (tertiary/aromatic N) is 3. The smallest absolute Gasteiger partial charge is 0.230 e. The lowest BCUT2D eigenvalue weighted by Gasteiger charge is -2.19. The molecule has 1 saturated carbocycles. The second-order valence-electron chi connectivity index (χ2n) is 5.01. The van der Waals surface area contributed by atoms with Crippen molar-refractivity contribution in [1.29, 1.82) is 0 Å². The van der Waals surface area contributed by atoms with Crippen molar-refractivity contribution in [3.05, 3.63) is 34.6 Å². The van der Waals surface area contributed by atoms with Crippen molar-refractivity contribution in [3.63, 3.8) is 0 Å². The number of hydrogen-bond donors (Lipinski definition) is 1. The maximum Gasteiger partial charge on any atom is 0.230 e. The Balaban J connectivity index is 1.94. The highest BCUT2D eigenvalue weighted by molar-refractivity contribution is 7.71. The second-order valence-corrected chi connectivity index (χ2v) is 5.40. The summed E-state index contributed by atoms with van der Waals surface area (Å²) in [7, 11) is 2.03. The number of benzene rings is 1. The lowest BCUT2D eigenvalue weighted by molar-refractivity contribution is 0.722. The van der Waals surface area contributed by atoms with Gasteiger partial charge in [0.1, 0.15) is 0 Å². The lowest BCUT2D eigenvalue weighted by Crippen LogP contribution is -2.15. The summed E-state index contributed by atoms with van der Waals surface area (Å²) in [5.41, 5.74) is 2.48. The summed E-state index contributed by atoms with van der Waals surface area (Å²) < 4.78 is 2.85. The third-order valence-electron chi connectivity index (χ3n) is 3.63. The van der Waals surface area contributed by atoms with Crippen LogP contribution in [0.5, 0.6) is 0 Å². The van der Waals surface area contributed by atoms with Gasteiger partial charge in [0.25, 0.3) is 0 Å². The Morgan fingerprint density at radius 2 is 2.05 bits per heavy atom. The highest BCUT2D eigenvalue weighted by Gasteiger charge is 2.28. The van der Waals surface area contributed by atoms with Gasteiger partial charge in [-0.3, -0.25) is 4.57 Å². The van der Waals surface area contributed by atoms with Crippen LogP contribution in [0.2, 0.25) is 0 Å². The summed E-state index contributed by atoms with van der Waals surface area (Å²) in [4.78, 5) is 2.09. The molecule has 1 fully saturated rings. The maximum atomic E-state index is 5.32. The van der Waals surface area contributed by atoms with E-state index in [2.05, 4.69) is 50.9 Å². The number of nitrogens with one attached hydrogen (secondary N) is 1. The predicted molar refractivity (Wildman–Crippen MR) is 79.6 cm³/mol. The van der Waals surface area contributed by atoms with Crippen molar-refractivity contribution >= 4 is 23.9 Å². The van der Waals surface area contributed by atoms with Gasteiger partial charge in [-0.05, 0) is 49.2 Å². The van der Waals surface area contributed by atoms with Crippen LogP contribution in [0.15, 0.2) is 24.3 Å². The van der Waals surface area contributed by atoms with Crippen molar-refractivity contribution in [2.45, 2.75) is 32.2 Å². The zero-order valence-corrected chi connectivity index (χ0v) is 12.1. The van der Waals surface area contributed by atoms with Gasteiger partial charge >= 0.3 is 0 Å². The van der Waals surface area contributed by atoms with E-state index in [0.717, 1.165) is 22.8 Å². The predicted octanol–water partition coefficient (Wildman–Crippen LogP) is 3.61. The zero-order chi connectivity index (χ0) is 13.4. The Morgan fingerprint density at radius 1 is 1.37 bits per heavy atom. The van der Waals surface area contributed by atoms with Gasteiger partial charge in [-0.15, -0.1) is 5.10 Å². The Hall–Kier alpha value is -1.62. The molecule has 1 aromatic heterocycles. The first-order valence-electron chi connectivity index (χ1n) is 6.70. The van der Waals surface area contributed by atoms with Crippen LogP contribution in [-0.2, 0) is 6.42 Å². The number of H-pyrrole nitrogens is 1. The van der Waals surface area contributed by atoms with E-state index >= 15 is 0 Å². The summed E-state index contributed by atoms with van der Waals surface area (Å²) in [6.45, 7) is 2.16. The standard InChI is InChI=1S/C14H18N4S/c1-3-10-4-6-11(7-5-10)17(2)13-15-16-14(19)18(13)12-8-9-12/h4-7,12H,3,8-9H2,1-2H3,(H,16,19). The van der Waals surface area contributed by atoms with Crippen LogP contribution >= 0.6 is 12.2 Å². The van der Waals surface area contributed by atoms with Crippen LogP contribution in [0.4, 0.5) is 11.6 Å². The van der Waals surface area contributed by atoms with Crippen molar-refractivity contribution in [3.8, 4) is 0 Å². The maximum absolute atomic E-state index is 5.32. The van der Waals surface area contributed by atoms with Crippen LogP contribution < -0.4 is 4.90 Å². The molecule has 1 aliphatic rings. The number of rotatable bonds is 4. The van der Waals surface area contributed by atoms with E-state index in [-0.39, 0.29) is 0 Å². The number of aromatic nitrogens is 3. The SMILES string of the molecule is CCc1ccc(N(C)c2n[nH]c(=S)n2C2CC2)cc1. The average molecular weight is 274 g/mol. The molecule has 19 heavy (non-hydrogen) atoms. The Bertz CT molecular complexity index is 622. The fourth-order valence-corrected chi connectivity index (χ4v) is 2.54. The minimum Gasteiger partial charge on any atom is -0.314 e. The molecule has 0 radical (unpaired) electrons. The van der Waals surface area contributed by atoms with Crippen LogP contribution in [0.3, 0.4) is 0 Å². The van der Waals surface area contributed by atoms with Gasteiger partial charge in [0, 0.05) is 18.8 Å². The normalized spacial score (nSPS) is 14.6. The van der Waals surface area contributed by atoms with E-state index in [1.807, 2.05) is 7.05 Å². The number of anilines is 2. The summed E-state index contributed by atoms with van der Waals surface area (Å²) >= 11 is 5.32. The number of hydrogen-bond acceptors (Lipinski definition) is 3. The molecular formula is C14H18N4S. The van der Waals surface area contributed by atoms with E-state index in [1.165, 1.54) is 18.4 Å². The third kappa shape index (κ3) is 2.30. The first kappa shape index (κ1) is 12.4. The van der Waals surface area contributed by atoms with Crippen LogP contribution in [0, 0.1) is 4.77 Å². The molecule has 100 valence electrons. The van der Waals surface area contributed by atoms with E-state index in [9.17, 15) is 0 Å². The summed E-state index contributed by atoms with van der Waals surface area (Å²) in [6.07, 6.45) is 3.46. The Kier molecular flexibility index (Phi) is 3.14. The van der Waals surface area contributed by atoms with E-state index in [4.69, 9.17) is 12.2 Å². The Labute approximate surface area is 118 Å². The summed E-state index contributed by atoms with van der Waals surface area (Å²) in [6, 6.07) is 9.11. The molecule has 0 atom stereocenters. The van der Waals surface area contributed by atoms with Gasteiger partial charge < -0.3 is 4.90 Å². The van der Waals surface area contributed by atoms with Gasteiger partial charge in [-0.2, -0.15) is 0 Å². The molecule has 0 spiro atoms. The third-order valence-corrected chi connectivity index (χ3v) is 3.92. The van der Waals surface area contributed by atoms with Gasteiger partial charge in [-0.1, -0.05) is 19.1 Å². The van der Waals surface area contributed by atoms with Crippen LogP contribution in [0.1, 0.15) is 31.4 Å². The van der Waals surface area contributed by atoms with Crippen molar-refractivity contribution in [2.24, 2.45) is 0 Å². The average Bonchev–Trinajstić information content (AvgIpc) is 3.21. The molecule has 1 aliphatic carbocycles. The first-order valence-corrected chi connectivity index (χ1v) is 7.11. The molecule has 0 unspecified atom stereocenters. The number of aromatic amines is 1. The van der Waals surface area contributed by atoms with Crippen molar-refractivity contribution in [2.75, 3.05) is 11.9 Å². The molecular weight excluding hydrogens is 256 g/mol. The highest BCUT2D eigenvalue weighted by Crippen LogP contribution is 2.38. The van der Waals surface area contributed by atoms with Crippen LogP contribution in [0.25, 0.3) is 0 Å². The summed E-state index contributed by atoms with van der Waals surface area (Å²) in [5, 5.41) is 7.27. The topological polar surface area (TPSA) is 36.9 Å². The molecule has 0 bridgehead atoms. The first-order chi connectivity index (χ1) is 9.20. The molecule has 2 aromatic rings. The lowest BCUT2D eigenvalue weighted by atomic mass is 10.1. The van der Waals surface area contributed by atoms with E-state index < -0.39 is 0 Å². The fourth-order valence-electron chi connectivity index (χ4n) is 2.27. The van der Waals surface area contributed by atoms with E-state index in [1.54, 1.807) is 0 Å². The monoisotopic (exact) mass is 274 g/mol. The molecule has 1 aromatic carbocycles. The van der Waals surface area contributed by atoms with Crippen LogP contribution in [-0.4, -0.2) is 21.8 Å². The van der Waals surface area contributed by atoms with Gasteiger partial charge in [0.05, 0.1) is 0 Å². The molecule has 0 amide bonds. The minimum absolute atomic E-state index is 0.526. The minimum atomic E-state index is 0.526. The zero-order valence-electron chi connectivity index (χ0n) is 11.3. The Morgan fingerprint density at radius 3 is 2.63 bits per heavy atom. The summed E-state index contributed by atoms with van der Waals surface area (Å²) in [5.74, 6) is 0.900. The molecule has 1 N–H and O–H groups in total. The van der Waals surface area contributed by atoms with Crippen molar-refractivity contribution in [1.82, 2.24) is 14.8 Å². The van der Waals surface area contributed by atoms with Gasteiger partial charge in [0.2, 0.25) is 5.95 Å². The molecule has 4 nitrogen and oxygen atoms in total. The molecule has 0 saturated heterocycles. The van der Waals surface area contributed by atoms with Gasteiger partial charge in [0.15, 0.2) is 4.77 Å². The fraction of sp³-hybridized carbons (Fsp3) is 0.429. The molecule has 5 heteroatoms. The molecule has 0 aliphatic heterocycles.